The van der Waals surface area contributed by atoms with Crippen LogP contribution in [-0.2, 0) is 11.8 Å². The lowest BCUT2D eigenvalue weighted by Crippen LogP contribution is -2.40. The molecule has 1 aromatic rings. The maximum atomic E-state index is 12.2. The summed E-state index contributed by atoms with van der Waals surface area (Å²) in [6.07, 6.45) is 10.2. The molecular formula is C18H34N3O2+. The Balaban J connectivity index is 2.45. The van der Waals surface area contributed by atoms with Crippen molar-refractivity contribution in [1.82, 2.24) is 9.47 Å². The lowest BCUT2D eigenvalue weighted by molar-refractivity contribution is -0.671. The van der Waals surface area contributed by atoms with Gasteiger partial charge in [-0.2, -0.15) is 0 Å². The van der Waals surface area contributed by atoms with Crippen LogP contribution in [0.25, 0.3) is 0 Å². The van der Waals surface area contributed by atoms with Crippen LogP contribution in [0.3, 0.4) is 0 Å². The Kier molecular flexibility index (Phi) is 7.10. The molecule has 0 bridgehead atoms. The molecule has 5 nitrogen and oxygen atoms in total. The number of aryl methyl sites for hydroxylation is 1. The summed E-state index contributed by atoms with van der Waals surface area (Å²) >= 11 is 0. The summed E-state index contributed by atoms with van der Waals surface area (Å²) in [5.41, 5.74) is -0.442. The van der Waals surface area contributed by atoms with Gasteiger partial charge in [0.25, 0.3) is 0 Å². The SMILES string of the molecule is CCC(CCCC(C)n1cc[n+](C)c1)N(C)C(=O)OC(C)(C)C. The van der Waals surface area contributed by atoms with Crippen LogP contribution in [0.15, 0.2) is 18.7 Å². The van der Waals surface area contributed by atoms with Crippen molar-refractivity contribution < 1.29 is 14.1 Å². The summed E-state index contributed by atoms with van der Waals surface area (Å²) in [6, 6.07) is 0.707. The molecule has 1 aromatic heterocycles. The zero-order valence-electron chi connectivity index (χ0n) is 15.9. The number of hydrogen-bond donors (Lipinski definition) is 0. The predicted octanol–water partition coefficient (Wildman–Crippen LogP) is 3.69. The molecule has 2 atom stereocenters. The van der Waals surface area contributed by atoms with Gasteiger partial charge in [-0.25, -0.2) is 13.9 Å². The molecule has 0 aliphatic rings. The molecule has 0 spiro atoms. The van der Waals surface area contributed by atoms with Crippen molar-refractivity contribution >= 4 is 6.09 Å². The Bertz CT molecular complexity index is 491. The van der Waals surface area contributed by atoms with E-state index < -0.39 is 5.60 Å². The molecule has 2 unspecified atom stereocenters. The highest BCUT2D eigenvalue weighted by atomic mass is 16.6. The molecule has 23 heavy (non-hydrogen) atoms. The molecule has 1 amide bonds. The first-order valence-electron chi connectivity index (χ1n) is 8.62. The molecule has 0 aromatic carbocycles. The second-order valence-electron chi connectivity index (χ2n) is 7.46. The number of rotatable bonds is 7. The molecule has 1 rings (SSSR count). The van der Waals surface area contributed by atoms with Crippen LogP contribution in [0.1, 0.15) is 66.3 Å². The van der Waals surface area contributed by atoms with Crippen molar-refractivity contribution in [2.45, 2.75) is 78.0 Å². The average Bonchev–Trinajstić information content (AvgIpc) is 2.87. The molecule has 0 N–H and O–H groups in total. The number of carbonyl (C=O) groups excluding carboxylic acids is 1. The van der Waals surface area contributed by atoms with Crippen LogP contribution in [-0.4, -0.2) is 34.3 Å². The van der Waals surface area contributed by atoms with Crippen LogP contribution in [0.4, 0.5) is 4.79 Å². The first-order chi connectivity index (χ1) is 10.6. The van der Waals surface area contributed by atoms with Gasteiger partial charge in [0.15, 0.2) is 0 Å². The van der Waals surface area contributed by atoms with E-state index in [2.05, 4.69) is 41.7 Å². The Labute approximate surface area is 141 Å². The van der Waals surface area contributed by atoms with Crippen LogP contribution in [0, 0.1) is 0 Å². The third-order valence-corrected chi connectivity index (χ3v) is 4.16. The Morgan fingerprint density at radius 1 is 1.35 bits per heavy atom. The van der Waals surface area contributed by atoms with Crippen molar-refractivity contribution in [3.8, 4) is 0 Å². The quantitative estimate of drug-likeness (QED) is 0.718. The molecule has 1 heterocycles. The van der Waals surface area contributed by atoms with E-state index in [0.29, 0.717) is 6.04 Å². The minimum atomic E-state index is -0.442. The Hall–Kier alpha value is -1.52. The highest BCUT2D eigenvalue weighted by molar-refractivity contribution is 5.68. The lowest BCUT2D eigenvalue weighted by atomic mass is 10.0. The molecule has 0 saturated heterocycles. The van der Waals surface area contributed by atoms with E-state index in [0.717, 1.165) is 25.7 Å². The second-order valence-corrected chi connectivity index (χ2v) is 7.46. The molecule has 0 fully saturated rings. The van der Waals surface area contributed by atoms with Gasteiger partial charge in [0.05, 0.1) is 13.1 Å². The number of nitrogens with zero attached hydrogens (tertiary/aromatic N) is 3. The average molecular weight is 324 g/mol. The number of ether oxygens (including phenoxy) is 1. The normalized spacial score (nSPS) is 14.4. The number of aromatic nitrogens is 2. The van der Waals surface area contributed by atoms with Crippen molar-refractivity contribution in [2.24, 2.45) is 7.05 Å². The number of carbonyl (C=O) groups is 1. The summed E-state index contributed by atoms with van der Waals surface area (Å²) in [5.74, 6) is 0. The largest absolute Gasteiger partial charge is 0.444 e. The lowest BCUT2D eigenvalue weighted by Gasteiger charge is -2.30. The van der Waals surface area contributed by atoms with E-state index in [9.17, 15) is 4.79 Å². The van der Waals surface area contributed by atoms with Crippen LogP contribution in [0.2, 0.25) is 0 Å². The van der Waals surface area contributed by atoms with Gasteiger partial charge in [-0.05, 0) is 53.4 Å². The fourth-order valence-corrected chi connectivity index (χ4v) is 2.68. The van der Waals surface area contributed by atoms with E-state index >= 15 is 0 Å². The van der Waals surface area contributed by atoms with Gasteiger partial charge >= 0.3 is 6.09 Å². The van der Waals surface area contributed by atoms with Crippen LogP contribution < -0.4 is 4.57 Å². The molecule has 0 aliphatic heterocycles. The topological polar surface area (TPSA) is 38.3 Å². The van der Waals surface area contributed by atoms with Crippen molar-refractivity contribution in [3.05, 3.63) is 18.7 Å². The molecular weight excluding hydrogens is 290 g/mol. The third kappa shape index (κ3) is 6.63. The molecule has 0 aliphatic carbocycles. The van der Waals surface area contributed by atoms with Gasteiger partial charge in [0, 0.05) is 13.1 Å². The van der Waals surface area contributed by atoms with Crippen LogP contribution >= 0.6 is 0 Å². The number of imidazole rings is 1. The van der Waals surface area contributed by atoms with E-state index in [-0.39, 0.29) is 12.1 Å². The summed E-state index contributed by atoms with van der Waals surface area (Å²) in [7, 11) is 3.88. The fourth-order valence-electron chi connectivity index (χ4n) is 2.68. The zero-order valence-corrected chi connectivity index (χ0v) is 15.9. The number of hydrogen-bond acceptors (Lipinski definition) is 2. The predicted molar refractivity (Wildman–Crippen MR) is 92.2 cm³/mol. The molecule has 0 radical (unpaired) electrons. The van der Waals surface area contributed by atoms with E-state index in [1.807, 2.05) is 34.9 Å². The van der Waals surface area contributed by atoms with Gasteiger partial charge in [-0.15, -0.1) is 0 Å². The summed E-state index contributed by atoms with van der Waals surface area (Å²) in [6.45, 7) is 10.1. The maximum Gasteiger partial charge on any atom is 0.410 e. The summed E-state index contributed by atoms with van der Waals surface area (Å²) in [5, 5.41) is 0. The number of amides is 1. The Morgan fingerprint density at radius 2 is 2.00 bits per heavy atom. The minimum Gasteiger partial charge on any atom is -0.444 e. The second kappa shape index (κ2) is 8.37. The zero-order chi connectivity index (χ0) is 17.6. The van der Waals surface area contributed by atoms with Crippen molar-refractivity contribution in [1.29, 1.82) is 0 Å². The fraction of sp³-hybridized carbons (Fsp3) is 0.778. The first kappa shape index (κ1) is 19.5. The van der Waals surface area contributed by atoms with Gasteiger partial charge < -0.3 is 9.64 Å². The van der Waals surface area contributed by atoms with Gasteiger partial charge in [0.1, 0.15) is 18.0 Å². The van der Waals surface area contributed by atoms with Crippen molar-refractivity contribution in [2.75, 3.05) is 7.05 Å². The first-order valence-corrected chi connectivity index (χ1v) is 8.62. The van der Waals surface area contributed by atoms with Crippen LogP contribution in [0.5, 0.6) is 0 Å². The standard InChI is InChI=1S/C18H34N3O2/c1-8-16(20(7)17(22)23-18(3,4)5)11-9-10-15(2)21-13-12-19(6)14-21/h12-16H,8-11H2,1-7H3/q+1. The molecule has 5 heteroatoms. The van der Waals surface area contributed by atoms with Gasteiger partial charge in [-0.1, -0.05) is 6.92 Å². The minimum absolute atomic E-state index is 0.227. The van der Waals surface area contributed by atoms with Gasteiger partial charge in [-0.3, -0.25) is 0 Å². The monoisotopic (exact) mass is 324 g/mol. The smallest absolute Gasteiger partial charge is 0.410 e. The highest BCUT2D eigenvalue weighted by Crippen LogP contribution is 2.19. The maximum absolute atomic E-state index is 12.2. The van der Waals surface area contributed by atoms with E-state index in [4.69, 9.17) is 4.74 Å². The third-order valence-electron chi connectivity index (χ3n) is 4.16. The summed E-state index contributed by atoms with van der Waals surface area (Å²) in [4.78, 5) is 13.9. The van der Waals surface area contributed by atoms with E-state index in [1.54, 1.807) is 4.90 Å². The van der Waals surface area contributed by atoms with E-state index in [1.165, 1.54) is 0 Å². The summed E-state index contributed by atoms with van der Waals surface area (Å²) < 4.78 is 9.75. The Morgan fingerprint density at radius 3 is 2.48 bits per heavy atom. The van der Waals surface area contributed by atoms with Crippen molar-refractivity contribution in [3.63, 3.8) is 0 Å². The molecule has 132 valence electrons. The highest BCUT2D eigenvalue weighted by Gasteiger charge is 2.24. The van der Waals surface area contributed by atoms with Gasteiger partial charge in [0.2, 0.25) is 6.33 Å². The molecule has 0 saturated carbocycles.